The van der Waals surface area contributed by atoms with Gasteiger partial charge in [0.05, 0.1) is 78.7 Å². The lowest BCUT2D eigenvalue weighted by Gasteiger charge is -2.66. The number of hydrogen-bond donors (Lipinski definition) is 6. The summed E-state index contributed by atoms with van der Waals surface area (Å²) in [4.78, 5) is 12.8. The van der Waals surface area contributed by atoms with Crippen molar-refractivity contribution in [2.45, 2.75) is 284 Å². The highest BCUT2D eigenvalue weighted by atomic mass is 16.8. The molecule has 8 fully saturated rings. The van der Waals surface area contributed by atoms with Crippen LogP contribution in [0.1, 0.15) is 132 Å². The van der Waals surface area contributed by atoms with E-state index in [1.165, 1.54) is 6.92 Å². The molecule has 21 nitrogen and oxygen atoms in total. The molecule has 436 valence electrons. The molecule has 0 aromatic heterocycles. The van der Waals surface area contributed by atoms with Gasteiger partial charge in [0.15, 0.2) is 37.2 Å². The van der Waals surface area contributed by atoms with Gasteiger partial charge in [-0.3, -0.25) is 4.79 Å². The maximum Gasteiger partial charge on any atom is 0.162 e. The molecule has 76 heavy (non-hydrogen) atoms. The van der Waals surface area contributed by atoms with Gasteiger partial charge < -0.3 is 97.0 Å². The summed E-state index contributed by atoms with van der Waals surface area (Å²) in [6, 6.07) is 0. The first-order valence-corrected chi connectivity index (χ1v) is 28.0. The van der Waals surface area contributed by atoms with E-state index in [0.29, 0.717) is 44.9 Å². The Hall–Kier alpha value is -1.39. The van der Waals surface area contributed by atoms with Crippen LogP contribution in [0.3, 0.4) is 0 Å². The van der Waals surface area contributed by atoms with Crippen molar-refractivity contribution in [3.8, 4) is 0 Å². The van der Waals surface area contributed by atoms with Gasteiger partial charge in [-0.25, -0.2) is 0 Å². The molecule has 0 bridgehead atoms. The summed E-state index contributed by atoms with van der Waals surface area (Å²) in [6.45, 7) is 14.2. The molecule has 0 amide bonds. The number of ketones is 1. The molecule has 21 heteroatoms. The van der Waals surface area contributed by atoms with Crippen LogP contribution in [0.2, 0.25) is 0 Å². The summed E-state index contributed by atoms with van der Waals surface area (Å²) in [6.07, 6.45) is -7.35. The third-order valence-electron chi connectivity index (χ3n) is 20.1. The van der Waals surface area contributed by atoms with Gasteiger partial charge in [-0.05, 0) is 91.9 Å². The van der Waals surface area contributed by atoms with Crippen LogP contribution in [0.25, 0.3) is 0 Å². The quantitative estimate of drug-likeness (QED) is 0.129. The number of aliphatic hydroxyl groups is 6. The molecule has 4 aliphatic carbocycles. The van der Waals surface area contributed by atoms with Gasteiger partial charge in [0.1, 0.15) is 47.3 Å². The third-order valence-corrected chi connectivity index (χ3v) is 20.1. The second kappa shape index (κ2) is 22.7. The molecule has 9 rings (SSSR count). The van der Waals surface area contributed by atoms with E-state index in [1.54, 1.807) is 42.3 Å². The summed E-state index contributed by atoms with van der Waals surface area (Å²) in [5.41, 5.74) is -6.67. The Morgan fingerprint density at radius 2 is 1.00 bits per heavy atom. The fourth-order valence-electron chi connectivity index (χ4n) is 15.4. The Morgan fingerprint density at radius 3 is 1.46 bits per heavy atom. The highest BCUT2D eigenvalue weighted by Crippen LogP contribution is 2.70. The summed E-state index contributed by atoms with van der Waals surface area (Å²) in [5.74, 6) is -1.05. The van der Waals surface area contributed by atoms with E-state index in [2.05, 4.69) is 6.92 Å². The van der Waals surface area contributed by atoms with Crippen LogP contribution in [-0.4, -0.2) is 217 Å². The Labute approximate surface area is 447 Å². The molecule has 5 aliphatic heterocycles. The Bertz CT molecular complexity index is 2020. The number of ether oxygens (including phenoxy) is 14. The number of fused-ring (bicyclic) bond motifs is 5. The molecule has 6 N–H and O–H groups in total. The van der Waals surface area contributed by atoms with E-state index in [0.717, 1.165) is 5.57 Å². The van der Waals surface area contributed by atoms with Crippen LogP contribution in [-0.2, 0) is 71.1 Å². The van der Waals surface area contributed by atoms with Crippen LogP contribution in [0.15, 0.2) is 11.6 Å². The van der Waals surface area contributed by atoms with Gasteiger partial charge in [-0.1, -0.05) is 25.5 Å². The Morgan fingerprint density at radius 1 is 0.566 bits per heavy atom. The zero-order valence-electron chi connectivity index (χ0n) is 46.6. The third kappa shape index (κ3) is 10.2. The molecule has 0 radical (unpaired) electrons. The minimum atomic E-state index is -1.96. The average molecular weight is 1090 g/mol. The Balaban J connectivity index is 0.747. The molecule has 9 aliphatic rings. The standard InChI is InChI=1S/C55H90O21/c1-26-46(59)35(63-9)21-42(67-26)74-48-29(4)70-44(23-37(48)65-11)76-50-30(5)71-45(24-38(50)66-12)75-49-28(3)69-43(22-36(49)64-10)73-47-27(2)68-41(20-34(47)57)72-33-14-15-51(7)32(19-33)13-16-54(61)39(51)25-40(58)52(8)53(60,31(6)56)17-18-55(52,54)62/h13,26-30,33-50,57-62H,14-25H2,1-12H3/t26-,27+,28+,29+,30-,33-,34-,35+,36-,37-,38+,39+,40+,41-,42-,43-,44-,45-,46-,47+,48+,49+,50-,51-,52+,53+,54-,55+/m0/s1. The van der Waals surface area contributed by atoms with Crippen molar-refractivity contribution in [2.75, 3.05) is 28.4 Å². The van der Waals surface area contributed by atoms with Crippen LogP contribution in [0.5, 0.6) is 0 Å². The molecule has 5 heterocycles. The van der Waals surface area contributed by atoms with Crippen molar-refractivity contribution in [1.82, 2.24) is 0 Å². The lowest BCUT2D eigenvalue weighted by molar-refractivity contribution is -0.351. The van der Waals surface area contributed by atoms with Crippen molar-refractivity contribution in [3.05, 3.63) is 11.6 Å². The maximum atomic E-state index is 12.8. The predicted octanol–water partition coefficient (Wildman–Crippen LogP) is 2.85. The van der Waals surface area contributed by atoms with E-state index in [9.17, 15) is 35.4 Å². The fourth-order valence-corrected chi connectivity index (χ4v) is 15.4. The van der Waals surface area contributed by atoms with Crippen molar-refractivity contribution in [2.24, 2.45) is 16.7 Å². The first-order chi connectivity index (χ1) is 35.9. The highest BCUT2D eigenvalue weighted by molar-refractivity contribution is 5.87. The number of methoxy groups -OCH3 is 4. The normalized spacial score (nSPS) is 53.8. The molecule has 0 aromatic carbocycles. The summed E-state index contributed by atoms with van der Waals surface area (Å²) >= 11 is 0. The van der Waals surface area contributed by atoms with E-state index in [-0.39, 0.29) is 44.3 Å². The molecule has 0 unspecified atom stereocenters. The number of Topliss-reactive ketones (excluding diaryl/α,β-unsaturated/α-hetero) is 1. The van der Waals surface area contributed by atoms with Crippen molar-refractivity contribution >= 4 is 5.78 Å². The van der Waals surface area contributed by atoms with E-state index >= 15 is 0 Å². The zero-order valence-corrected chi connectivity index (χ0v) is 46.6. The van der Waals surface area contributed by atoms with E-state index < -0.39 is 162 Å². The molecule has 3 saturated carbocycles. The van der Waals surface area contributed by atoms with Crippen LogP contribution in [0, 0.1) is 16.7 Å². The lowest BCUT2D eigenvalue weighted by atomic mass is 9.42. The van der Waals surface area contributed by atoms with Gasteiger partial charge in [-0.2, -0.15) is 0 Å². The van der Waals surface area contributed by atoms with Gasteiger partial charge in [0, 0.05) is 66.5 Å². The topological polar surface area (TPSA) is 268 Å². The minimum absolute atomic E-state index is 0.00790. The van der Waals surface area contributed by atoms with Gasteiger partial charge in [0.2, 0.25) is 0 Å². The smallest absolute Gasteiger partial charge is 0.162 e. The number of rotatable bonds is 15. The molecule has 28 atom stereocenters. The molecule has 0 spiro atoms. The number of carbonyl (C=O) groups is 1. The fraction of sp³-hybridized carbons (Fsp3) is 0.945. The lowest BCUT2D eigenvalue weighted by Crippen LogP contribution is -2.78. The summed E-state index contributed by atoms with van der Waals surface area (Å²) in [7, 11) is 6.43. The van der Waals surface area contributed by atoms with Crippen molar-refractivity contribution in [1.29, 1.82) is 0 Å². The average Bonchev–Trinajstić information content (AvgIpc) is 3.61. The van der Waals surface area contributed by atoms with Crippen molar-refractivity contribution < 1.29 is 102 Å². The number of carbonyl (C=O) groups excluding carboxylic acids is 1. The van der Waals surface area contributed by atoms with Gasteiger partial charge >= 0.3 is 0 Å². The first-order valence-electron chi connectivity index (χ1n) is 28.0. The predicted molar refractivity (Wildman–Crippen MR) is 266 cm³/mol. The number of hydrogen-bond acceptors (Lipinski definition) is 21. The van der Waals surface area contributed by atoms with E-state index in [4.69, 9.17) is 66.3 Å². The monoisotopic (exact) mass is 1090 g/mol. The summed E-state index contributed by atoms with van der Waals surface area (Å²) in [5, 5.41) is 70.3. The van der Waals surface area contributed by atoms with Crippen LogP contribution in [0.4, 0.5) is 0 Å². The van der Waals surface area contributed by atoms with E-state index in [1.807, 2.05) is 33.8 Å². The van der Waals surface area contributed by atoms with Crippen LogP contribution < -0.4 is 0 Å². The van der Waals surface area contributed by atoms with Crippen LogP contribution >= 0.6 is 0 Å². The summed E-state index contributed by atoms with van der Waals surface area (Å²) < 4.78 is 87.6. The largest absolute Gasteiger partial charge is 0.392 e. The van der Waals surface area contributed by atoms with Gasteiger partial charge in [0.25, 0.3) is 0 Å². The molecular weight excluding hydrogens is 997 g/mol. The maximum absolute atomic E-state index is 12.8. The molecule has 5 saturated heterocycles. The highest BCUT2D eigenvalue weighted by Gasteiger charge is 2.80. The molecular formula is C55H90O21. The molecule has 0 aromatic rings. The van der Waals surface area contributed by atoms with Crippen molar-refractivity contribution in [3.63, 3.8) is 0 Å². The zero-order chi connectivity index (χ0) is 55.0. The number of aliphatic hydroxyl groups excluding tert-OH is 3. The minimum Gasteiger partial charge on any atom is -0.392 e. The Kier molecular flexibility index (Phi) is 17.7. The second-order valence-corrected chi connectivity index (χ2v) is 24.1. The first kappa shape index (κ1) is 59.2. The van der Waals surface area contributed by atoms with Gasteiger partial charge in [-0.15, -0.1) is 0 Å². The SMILES string of the molecule is CO[C@H]1C[C@H](O[C@H]2[C@@H](O)C[C@H](O[C@H]3CC[C@@]4(C)C(=CC[C@]5(O)[C@@H]4C[C@@H](O)[C@@]4(C)[C@]5(O)CC[C@@]4(O)C(C)=O)C3)O[C@@H]2C)O[C@H](C)[C@H]1O[C@H]1C[C@@H](OC)[C@@H](O[C@H]2C[C@H](OC)[C@H](O[C@H]3C[C@@H](OC)[C@@H](O)[C@H](C)O3)[C@@H](C)O2)[C@H](C)O1. The second-order valence-electron chi connectivity index (χ2n) is 24.1.